The predicted octanol–water partition coefficient (Wildman–Crippen LogP) is 3.66. The van der Waals surface area contributed by atoms with E-state index in [0.717, 1.165) is 34.9 Å². The molecule has 0 fully saturated rings. The molecule has 1 heterocycles. The summed E-state index contributed by atoms with van der Waals surface area (Å²) in [7, 11) is 0. The van der Waals surface area contributed by atoms with E-state index in [-0.39, 0.29) is 5.63 Å². The number of unbranched alkanes of at least 4 members (excludes halogenated alkanes) is 1. The number of alkyl halides is 1. The van der Waals surface area contributed by atoms with Crippen LogP contribution in [0.3, 0.4) is 0 Å². The van der Waals surface area contributed by atoms with Gasteiger partial charge in [-0.05, 0) is 37.5 Å². The SMILES string of the molecule is Cc1cc(=O)oc2cc(OCCCCBr)ccc12. The maximum absolute atomic E-state index is 11.3. The lowest BCUT2D eigenvalue weighted by molar-refractivity contribution is 0.310. The standard InChI is InChI=1S/C14H15BrO3/c1-10-8-14(16)18-13-9-11(4-5-12(10)13)17-7-3-2-6-15/h4-5,8-9H,2-3,6-7H2,1H3. The van der Waals surface area contributed by atoms with Gasteiger partial charge in [0, 0.05) is 22.8 Å². The van der Waals surface area contributed by atoms with Crippen molar-refractivity contribution in [1.29, 1.82) is 0 Å². The van der Waals surface area contributed by atoms with Crippen LogP contribution < -0.4 is 10.4 Å². The predicted molar refractivity (Wildman–Crippen MR) is 75.7 cm³/mol. The largest absolute Gasteiger partial charge is 0.493 e. The van der Waals surface area contributed by atoms with Crippen molar-refractivity contribution in [2.75, 3.05) is 11.9 Å². The van der Waals surface area contributed by atoms with Crippen LogP contribution in [0, 0.1) is 6.92 Å². The van der Waals surface area contributed by atoms with Gasteiger partial charge in [-0.1, -0.05) is 15.9 Å². The third-order valence-electron chi connectivity index (χ3n) is 2.72. The summed E-state index contributed by atoms with van der Waals surface area (Å²) in [5.74, 6) is 0.742. The van der Waals surface area contributed by atoms with E-state index in [9.17, 15) is 4.79 Å². The van der Waals surface area contributed by atoms with E-state index >= 15 is 0 Å². The first-order chi connectivity index (χ1) is 8.70. The molecule has 4 heteroatoms. The second-order valence-corrected chi connectivity index (χ2v) is 4.94. The highest BCUT2D eigenvalue weighted by Crippen LogP contribution is 2.22. The van der Waals surface area contributed by atoms with Crippen molar-refractivity contribution in [3.05, 3.63) is 40.2 Å². The molecule has 3 nitrogen and oxygen atoms in total. The molecule has 1 aromatic carbocycles. The summed E-state index contributed by atoms with van der Waals surface area (Å²) in [5, 5.41) is 1.93. The van der Waals surface area contributed by atoms with Gasteiger partial charge in [-0.25, -0.2) is 4.79 Å². The molecule has 0 saturated carbocycles. The fourth-order valence-electron chi connectivity index (χ4n) is 1.78. The maximum atomic E-state index is 11.3. The lowest BCUT2D eigenvalue weighted by atomic mass is 10.1. The minimum atomic E-state index is -0.323. The fraction of sp³-hybridized carbons (Fsp3) is 0.357. The Labute approximate surface area is 114 Å². The normalized spacial score (nSPS) is 10.8. The van der Waals surface area contributed by atoms with Gasteiger partial charge in [-0.2, -0.15) is 0 Å². The minimum absolute atomic E-state index is 0.323. The zero-order chi connectivity index (χ0) is 13.0. The van der Waals surface area contributed by atoms with Crippen molar-refractivity contribution >= 4 is 26.9 Å². The Kier molecular flexibility index (Phi) is 4.42. The molecule has 2 rings (SSSR count). The molecule has 0 N–H and O–H groups in total. The summed E-state index contributed by atoms with van der Waals surface area (Å²) in [4.78, 5) is 11.3. The summed E-state index contributed by atoms with van der Waals surface area (Å²) in [6, 6.07) is 7.10. The number of rotatable bonds is 5. The number of benzene rings is 1. The first-order valence-electron chi connectivity index (χ1n) is 5.94. The second-order valence-electron chi connectivity index (χ2n) is 4.15. The van der Waals surface area contributed by atoms with Crippen LogP contribution >= 0.6 is 15.9 Å². The zero-order valence-corrected chi connectivity index (χ0v) is 11.8. The van der Waals surface area contributed by atoms with Crippen LogP contribution in [0.2, 0.25) is 0 Å². The molecule has 0 radical (unpaired) electrons. The third-order valence-corrected chi connectivity index (χ3v) is 3.28. The van der Waals surface area contributed by atoms with E-state index in [1.165, 1.54) is 6.07 Å². The molecule has 0 saturated heterocycles. The van der Waals surface area contributed by atoms with Gasteiger partial charge in [0.25, 0.3) is 0 Å². The van der Waals surface area contributed by atoms with Gasteiger partial charge in [0.1, 0.15) is 11.3 Å². The Morgan fingerprint density at radius 1 is 1.28 bits per heavy atom. The van der Waals surface area contributed by atoms with Crippen LogP contribution in [-0.2, 0) is 0 Å². The van der Waals surface area contributed by atoms with Crippen molar-refractivity contribution in [2.24, 2.45) is 0 Å². The van der Waals surface area contributed by atoms with Crippen LogP contribution in [0.1, 0.15) is 18.4 Å². The zero-order valence-electron chi connectivity index (χ0n) is 10.2. The molecule has 0 spiro atoms. The summed E-state index contributed by atoms with van der Waals surface area (Å²) in [6.45, 7) is 2.57. The molecule has 96 valence electrons. The van der Waals surface area contributed by atoms with Crippen LogP contribution in [-0.4, -0.2) is 11.9 Å². The Morgan fingerprint density at radius 2 is 2.11 bits per heavy atom. The van der Waals surface area contributed by atoms with E-state index in [4.69, 9.17) is 9.15 Å². The minimum Gasteiger partial charge on any atom is -0.493 e. The molecular formula is C14H15BrO3. The van der Waals surface area contributed by atoms with Crippen molar-refractivity contribution in [3.63, 3.8) is 0 Å². The molecule has 1 aromatic heterocycles. The Morgan fingerprint density at radius 3 is 2.89 bits per heavy atom. The molecule has 0 amide bonds. The van der Waals surface area contributed by atoms with E-state index in [1.807, 2.05) is 19.1 Å². The quantitative estimate of drug-likeness (QED) is 0.481. The maximum Gasteiger partial charge on any atom is 0.336 e. The molecule has 18 heavy (non-hydrogen) atoms. The lowest BCUT2D eigenvalue weighted by Gasteiger charge is -2.07. The number of hydrogen-bond acceptors (Lipinski definition) is 3. The molecule has 0 unspecified atom stereocenters. The van der Waals surface area contributed by atoms with Gasteiger partial charge in [0.15, 0.2) is 0 Å². The van der Waals surface area contributed by atoms with Gasteiger partial charge in [-0.15, -0.1) is 0 Å². The summed E-state index contributed by atoms with van der Waals surface area (Å²) >= 11 is 3.38. The van der Waals surface area contributed by atoms with Crippen LogP contribution in [0.5, 0.6) is 5.75 Å². The van der Waals surface area contributed by atoms with Crippen LogP contribution in [0.15, 0.2) is 33.5 Å². The molecule has 0 aliphatic rings. The summed E-state index contributed by atoms with van der Waals surface area (Å²) in [5.41, 5.74) is 1.18. The van der Waals surface area contributed by atoms with Crippen LogP contribution in [0.25, 0.3) is 11.0 Å². The van der Waals surface area contributed by atoms with Crippen molar-refractivity contribution in [1.82, 2.24) is 0 Å². The highest BCUT2D eigenvalue weighted by atomic mass is 79.9. The van der Waals surface area contributed by atoms with Gasteiger partial charge >= 0.3 is 5.63 Å². The molecule has 0 aliphatic carbocycles. The van der Waals surface area contributed by atoms with Crippen molar-refractivity contribution < 1.29 is 9.15 Å². The molecule has 0 atom stereocenters. The Balaban J connectivity index is 2.19. The summed E-state index contributed by atoms with van der Waals surface area (Å²) < 4.78 is 10.8. The van der Waals surface area contributed by atoms with Crippen molar-refractivity contribution in [2.45, 2.75) is 19.8 Å². The van der Waals surface area contributed by atoms with E-state index in [1.54, 1.807) is 6.07 Å². The van der Waals surface area contributed by atoms with Gasteiger partial charge in [0.05, 0.1) is 6.61 Å². The molecule has 2 aromatic rings. The number of aryl methyl sites for hydroxylation is 1. The van der Waals surface area contributed by atoms with Gasteiger partial charge < -0.3 is 9.15 Å². The monoisotopic (exact) mass is 310 g/mol. The van der Waals surface area contributed by atoms with Crippen LogP contribution in [0.4, 0.5) is 0 Å². The Hall–Kier alpha value is -1.29. The summed E-state index contributed by atoms with van der Waals surface area (Å²) in [6.07, 6.45) is 2.09. The molecular weight excluding hydrogens is 296 g/mol. The molecule has 0 aliphatic heterocycles. The highest BCUT2D eigenvalue weighted by Gasteiger charge is 2.03. The van der Waals surface area contributed by atoms with Gasteiger partial charge in [0.2, 0.25) is 0 Å². The number of fused-ring (bicyclic) bond motifs is 1. The topological polar surface area (TPSA) is 39.4 Å². The number of halogens is 1. The van der Waals surface area contributed by atoms with Crippen molar-refractivity contribution in [3.8, 4) is 5.75 Å². The second kappa shape index (κ2) is 6.05. The van der Waals surface area contributed by atoms with E-state index < -0.39 is 0 Å². The lowest BCUT2D eigenvalue weighted by Crippen LogP contribution is -2.00. The first-order valence-corrected chi connectivity index (χ1v) is 7.06. The average Bonchev–Trinajstić information content (AvgIpc) is 2.34. The fourth-order valence-corrected chi connectivity index (χ4v) is 2.18. The highest BCUT2D eigenvalue weighted by molar-refractivity contribution is 9.09. The van der Waals surface area contributed by atoms with E-state index in [0.29, 0.717) is 12.2 Å². The smallest absolute Gasteiger partial charge is 0.336 e. The van der Waals surface area contributed by atoms with Gasteiger partial charge in [-0.3, -0.25) is 0 Å². The third kappa shape index (κ3) is 3.13. The average molecular weight is 311 g/mol. The molecule has 0 bridgehead atoms. The van der Waals surface area contributed by atoms with E-state index in [2.05, 4.69) is 15.9 Å². The number of hydrogen-bond donors (Lipinski definition) is 0. The first kappa shape index (κ1) is 13.1. The Bertz CT molecular complexity index is 589. The number of ether oxygens (including phenoxy) is 1.